The van der Waals surface area contributed by atoms with E-state index in [0.29, 0.717) is 0 Å². The number of hydrogen-bond donors (Lipinski definition) is 1. The summed E-state index contributed by atoms with van der Waals surface area (Å²) in [6, 6.07) is 10.7. The molecule has 0 aliphatic carbocycles. The van der Waals surface area contributed by atoms with Gasteiger partial charge >= 0.3 is 0 Å². The van der Waals surface area contributed by atoms with Crippen LogP contribution in [0.25, 0.3) is 0 Å². The highest BCUT2D eigenvalue weighted by atomic mass is 16.5. The van der Waals surface area contributed by atoms with E-state index in [1.165, 1.54) is 5.56 Å². The number of aryl methyl sites for hydroxylation is 1. The van der Waals surface area contributed by atoms with Gasteiger partial charge in [0.2, 0.25) is 0 Å². The Hall–Kier alpha value is -0.860. The average molecular weight is 263 g/mol. The van der Waals surface area contributed by atoms with Crippen LogP contribution in [-0.4, -0.2) is 18.8 Å². The molecule has 1 rings (SSSR count). The van der Waals surface area contributed by atoms with E-state index >= 15 is 0 Å². The van der Waals surface area contributed by atoms with Crippen LogP contribution in [0.15, 0.2) is 30.3 Å². The molecule has 1 aromatic rings. The SMILES string of the molecule is CCC(N)C(OCCCc1ccccc1)C(C)(C)C. The Kier molecular flexibility index (Phi) is 6.53. The van der Waals surface area contributed by atoms with E-state index < -0.39 is 0 Å². The van der Waals surface area contributed by atoms with Gasteiger partial charge < -0.3 is 10.5 Å². The van der Waals surface area contributed by atoms with Crippen molar-refractivity contribution in [2.45, 2.75) is 59.1 Å². The number of rotatable bonds is 7. The molecule has 0 aliphatic rings. The maximum atomic E-state index is 6.17. The van der Waals surface area contributed by atoms with Gasteiger partial charge in [-0.05, 0) is 30.2 Å². The lowest BCUT2D eigenvalue weighted by atomic mass is 9.84. The molecule has 1 aromatic carbocycles. The molecule has 0 aliphatic heterocycles. The molecule has 2 nitrogen and oxygen atoms in total. The van der Waals surface area contributed by atoms with Crippen LogP contribution < -0.4 is 5.73 Å². The maximum absolute atomic E-state index is 6.17. The van der Waals surface area contributed by atoms with E-state index in [4.69, 9.17) is 10.5 Å². The highest BCUT2D eigenvalue weighted by molar-refractivity contribution is 5.14. The standard InChI is InChI=1S/C17H29NO/c1-5-15(18)16(17(2,3)4)19-13-9-12-14-10-7-6-8-11-14/h6-8,10-11,15-16H,5,9,12-13,18H2,1-4H3. The van der Waals surface area contributed by atoms with Crippen LogP contribution in [0.5, 0.6) is 0 Å². The van der Waals surface area contributed by atoms with Crippen LogP contribution in [0.4, 0.5) is 0 Å². The van der Waals surface area contributed by atoms with E-state index in [2.05, 4.69) is 58.0 Å². The van der Waals surface area contributed by atoms with Crippen molar-refractivity contribution < 1.29 is 4.74 Å². The van der Waals surface area contributed by atoms with Crippen molar-refractivity contribution in [3.8, 4) is 0 Å². The summed E-state index contributed by atoms with van der Waals surface area (Å²) in [5, 5.41) is 0. The molecule has 0 saturated heterocycles. The quantitative estimate of drug-likeness (QED) is 0.760. The van der Waals surface area contributed by atoms with E-state index in [1.54, 1.807) is 0 Å². The third kappa shape index (κ3) is 5.75. The van der Waals surface area contributed by atoms with Crippen molar-refractivity contribution >= 4 is 0 Å². The second-order valence-electron chi connectivity index (χ2n) is 6.32. The van der Waals surface area contributed by atoms with Gasteiger partial charge in [-0.25, -0.2) is 0 Å². The normalized spacial score (nSPS) is 15.2. The molecule has 0 saturated carbocycles. The van der Waals surface area contributed by atoms with Crippen molar-refractivity contribution in [1.29, 1.82) is 0 Å². The summed E-state index contributed by atoms with van der Waals surface area (Å²) in [6.45, 7) is 9.50. The molecule has 2 N–H and O–H groups in total. The average Bonchev–Trinajstić information content (AvgIpc) is 2.37. The van der Waals surface area contributed by atoms with E-state index in [1.807, 2.05) is 0 Å². The minimum absolute atomic E-state index is 0.0994. The summed E-state index contributed by atoms with van der Waals surface area (Å²) >= 11 is 0. The van der Waals surface area contributed by atoms with Gasteiger partial charge in [-0.15, -0.1) is 0 Å². The number of hydrogen-bond acceptors (Lipinski definition) is 2. The van der Waals surface area contributed by atoms with Gasteiger partial charge in [0.1, 0.15) is 0 Å². The van der Waals surface area contributed by atoms with Crippen LogP contribution in [0.3, 0.4) is 0 Å². The van der Waals surface area contributed by atoms with Crippen LogP contribution in [0, 0.1) is 5.41 Å². The number of ether oxygens (including phenoxy) is 1. The predicted octanol–water partition coefficient (Wildman–Crippen LogP) is 3.79. The Labute approximate surface area is 118 Å². The van der Waals surface area contributed by atoms with Crippen molar-refractivity contribution in [2.24, 2.45) is 11.1 Å². The Morgan fingerprint density at radius 1 is 1.16 bits per heavy atom. The Bertz CT molecular complexity index is 342. The van der Waals surface area contributed by atoms with Crippen LogP contribution >= 0.6 is 0 Å². The summed E-state index contributed by atoms with van der Waals surface area (Å²) in [6.07, 6.45) is 3.21. The van der Waals surface area contributed by atoms with Crippen LogP contribution in [-0.2, 0) is 11.2 Å². The first-order chi connectivity index (χ1) is 8.95. The van der Waals surface area contributed by atoms with E-state index in [9.17, 15) is 0 Å². The Morgan fingerprint density at radius 2 is 1.79 bits per heavy atom. The van der Waals surface area contributed by atoms with Gasteiger partial charge in [-0.2, -0.15) is 0 Å². The predicted molar refractivity (Wildman–Crippen MR) is 82.2 cm³/mol. The minimum atomic E-state index is 0.0994. The molecule has 2 unspecified atom stereocenters. The number of benzene rings is 1. The largest absolute Gasteiger partial charge is 0.376 e. The van der Waals surface area contributed by atoms with E-state index in [0.717, 1.165) is 25.9 Å². The van der Waals surface area contributed by atoms with Crippen LogP contribution in [0.1, 0.15) is 46.1 Å². The molecule has 108 valence electrons. The summed E-state index contributed by atoms with van der Waals surface area (Å²) in [4.78, 5) is 0. The molecule has 0 aromatic heterocycles. The Balaban J connectivity index is 2.37. The fourth-order valence-electron chi connectivity index (χ4n) is 2.36. The first kappa shape index (κ1) is 16.2. The van der Waals surface area contributed by atoms with Gasteiger partial charge in [0.05, 0.1) is 6.10 Å². The molecule has 2 atom stereocenters. The molecule has 0 radical (unpaired) electrons. The van der Waals surface area contributed by atoms with Crippen LogP contribution in [0.2, 0.25) is 0 Å². The lowest BCUT2D eigenvalue weighted by molar-refractivity contribution is -0.0348. The minimum Gasteiger partial charge on any atom is -0.376 e. The highest BCUT2D eigenvalue weighted by Gasteiger charge is 2.29. The highest BCUT2D eigenvalue weighted by Crippen LogP contribution is 2.25. The molecule has 0 heterocycles. The summed E-state index contributed by atoms with van der Waals surface area (Å²) < 4.78 is 6.06. The van der Waals surface area contributed by atoms with Gasteiger partial charge in [0.15, 0.2) is 0 Å². The number of nitrogens with two attached hydrogens (primary N) is 1. The van der Waals surface area contributed by atoms with Crippen molar-refractivity contribution in [2.75, 3.05) is 6.61 Å². The molecule has 2 heteroatoms. The first-order valence-corrected chi connectivity index (χ1v) is 7.36. The summed E-state index contributed by atoms with van der Waals surface area (Å²) in [5.41, 5.74) is 7.64. The van der Waals surface area contributed by atoms with Gasteiger partial charge in [-0.3, -0.25) is 0 Å². The van der Waals surface area contributed by atoms with Gasteiger partial charge in [0, 0.05) is 12.6 Å². The topological polar surface area (TPSA) is 35.2 Å². The lowest BCUT2D eigenvalue weighted by Gasteiger charge is -2.34. The third-order valence-electron chi connectivity index (χ3n) is 3.46. The zero-order valence-corrected chi connectivity index (χ0v) is 12.9. The maximum Gasteiger partial charge on any atom is 0.0773 e. The zero-order chi connectivity index (χ0) is 14.3. The summed E-state index contributed by atoms with van der Waals surface area (Å²) in [5.74, 6) is 0. The molecule has 19 heavy (non-hydrogen) atoms. The Morgan fingerprint density at radius 3 is 2.32 bits per heavy atom. The second-order valence-corrected chi connectivity index (χ2v) is 6.32. The third-order valence-corrected chi connectivity index (χ3v) is 3.46. The lowest BCUT2D eigenvalue weighted by Crippen LogP contribution is -2.45. The smallest absolute Gasteiger partial charge is 0.0773 e. The second kappa shape index (κ2) is 7.66. The molecule has 0 bridgehead atoms. The van der Waals surface area contributed by atoms with Gasteiger partial charge in [-0.1, -0.05) is 58.0 Å². The van der Waals surface area contributed by atoms with Crippen molar-refractivity contribution in [3.63, 3.8) is 0 Å². The van der Waals surface area contributed by atoms with Gasteiger partial charge in [0.25, 0.3) is 0 Å². The summed E-state index contributed by atoms with van der Waals surface area (Å²) in [7, 11) is 0. The van der Waals surface area contributed by atoms with Crippen molar-refractivity contribution in [3.05, 3.63) is 35.9 Å². The monoisotopic (exact) mass is 263 g/mol. The van der Waals surface area contributed by atoms with Crippen molar-refractivity contribution in [1.82, 2.24) is 0 Å². The molecular formula is C17H29NO. The molecule has 0 amide bonds. The first-order valence-electron chi connectivity index (χ1n) is 7.36. The van der Waals surface area contributed by atoms with E-state index in [-0.39, 0.29) is 17.6 Å². The molecule has 0 fully saturated rings. The molecular weight excluding hydrogens is 234 g/mol. The fraction of sp³-hybridized carbons (Fsp3) is 0.647. The molecule has 0 spiro atoms. The fourth-order valence-corrected chi connectivity index (χ4v) is 2.36. The zero-order valence-electron chi connectivity index (χ0n) is 12.9.